The fourth-order valence-electron chi connectivity index (χ4n) is 3.16. The molecule has 4 rings (SSSR count). The van der Waals surface area contributed by atoms with E-state index >= 15 is 0 Å². The number of rotatable bonds is 7. The zero-order valence-electron chi connectivity index (χ0n) is 16.2. The van der Waals surface area contributed by atoms with Crippen LogP contribution in [-0.2, 0) is 19.4 Å². The number of benzene rings is 2. The summed E-state index contributed by atoms with van der Waals surface area (Å²) in [5.41, 5.74) is 3.21. The highest BCUT2D eigenvalue weighted by atomic mass is 16.3. The summed E-state index contributed by atoms with van der Waals surface area (Å²) < 4.78 is 7.04. The third kappa shape index (κ3) is 4.43. The Labute approximate surface area is 169 Å². The summed E-state index contributed by atoms with van der Waals surface area (Å²) >= 11 is 0. The van der Waals surface area contributed by atoms with Crippen LogP contribution in [0.15, 0.2) is 77.4 Å². The molecule has 0 bridgehead atoms. The summed E-state index contributed by atoms with van der Waals surface area (Å²) in [4.78, 5) is 17.2. The third-order valence-corrected chi connectivity index (χ3v) is 4.70. The van der Waals surface area contributed by atoms with E-state index in [1.54, 1.807) is 17.0 Å². The van der Waals surface area contributed by atoms with Gasteiger partial charge in [-0.3, -0.25) is 4.79 Å². The van der Waals surface area contributed by atoms with Crippen molar-refractivity contribution in [1.29, 1.82) is 0 Å². The molecule has 0 unspecified atom stereocenters. The quantitative estimate of drug-likeness (QED) is 0.523. The summed E-state index contributed by atoms with van der Waals surface area (Å²) in [5.74, 6) is 1.27. The Morgan fingerprint density at radius 3 is 2.55 bits per heavy atom. The highest BCUT2D eigenvalue weighted by Crippen LogP contribution is 2.16. The Morgan fingerprint density at radius 1 is 1.00 bits per heavy atom. The molecule has 6 nitrogen and oxygen atoms in total. The summed E-state index contributed by atoms with van der Waals surface area (Å²) in [6.07, 6.45) is 3.07. The number of amides is 1. The van der Waals surface area contributed by atoms with Gasteiger partial charge in [0.2, 0.25) is 5.82 Å². The lowest BCUT2D eigenvalue weighted by Crippen LogP contribution is -2.24. The number of aromatic nitrogens is 3. The van der Waals surface area contributed by atoms with Crippen molar-refractivity contribution in [3.63, 3.8) is 0 Å². The molecule has 4 aromatic rings. The van der Waals surface area contributed by atoms with Crippen molar-refractivity contribution in [2.75, 3.05) is 0 Å². The summed E-state index contributed by atoms with van der Waals surface area (Å²) in [7, 11) is 0. The van der Waals surface area contributed by atoms with E-state index < -0.39 is 0 Å². The van der Waals surface area contributed by atoms with Crippen molar-refractivity contribution in [3.05, 3.63) is 102 Å². The molecule has 1 amide bonds. The van der Waals surface area contributed by atoms with E-state index in [1.807, 2.05) is 55.5 Å². The van der Waals surface area contributed by atoms with Crippen LogP contribution in [0.3, 0.4) is 0 Å². The average Bonchev–Trinajstić information content (AvgIpc) is 3.42. The Balaban J connectivity index is 1.59. The van der Waals surface area contributed by atoms with Gasteiger partial charge in [-0.1, -0.05) is 48.5 Å². The minimum Gasteiger partial charge on any atom is -0.467 e. The Bertz CT molecular complexity index is 1090. The molecule has 2 heterocycles. The van der Waals surface area contributed by atoms with E-state index in [-0.39, 0.29) is 11.7 Å². The van der Waals surface area contributed by atoms with Crippen molar-refractivity contribution in [3.8, 4) is 5.69 Å². The summed E-state index contributed by atoms with van der Waals surface area (Å²) in [6.45, 7) is 2.32. The second kappa shape index (κ2) is 8.56. The molecule has 0 radical (unpaired) electrons. The van der Waals surface area contributed by atoms with Crippen LogP contribution >= 0.6 is 0 Å². The van der Waals surface area contributed by atoms with Gasteiger partial charge >= 0.3 is 0 Å². The summed E-state index contributed by atoms with van der Waals surface area (Å²) in [5, 5.41) is 7.33. The fraction of sp³-hybridized carbons (Fsp3) is 0.174. The number of furan rings is 1. The smallest absolute Gasteiger partial charge is 0.291 e. The van der Waals surface area contributed by atoms with Crippen LogP contribution < -0.4 is 5.32 Å². The molecule has 0 saturated heterocycles. The maximum absolute atomic E-state index is 12.6. The first-order valence-electron chi connectivity index (χ1n) is 9.57. The molecule has 0 aliphatic carbocycles. The van der Waals surface area contributed by atoms with Crippen LogP contribution in [-0.4, -0.2) is 20.7 Å². The Hall–Kier alpha value is -3.67. The monoisotopic (exact) mass is 386 g/mol. The molecule has 2 aromatic carbocycles. The average molecular weight is 386 g/mol. The molecule has 1 N–H and O–H groups in total. The molecule has 6 heteroatoms. The number of nitrogens with zero attached hydrogens (tertiary/aromatic N) is 3. The molecule has 29 heavy (non-hydrogen) atoms. The number of carbonyl (C=O) groups is 1. The number of hydrogen-bond donors (Lipinski definition) is 1. The van der Waals surface area contributed by atoms with Crippen molar-refractivity contribution in [2.24, 2.45) is 0 Å². The lowest BCUT2D eigenvalue weighted by molar-refractivity contribution is 0.0937. The lowest BCUT2D eigenvalue weighted by Gasteiger charge is -2.08. The van der Waals surface area contributed by atoms with Gasteiger partial charge in [-0.05, 0) is 42.7 Å². The maximum atomic E-state index is 12.6. The highest BCUT2D eigenvalue weighted by molar-refractivity contribution is 5.90. The van der Waals surface area contributed by atoms with E-state index in [2.05, 4.69) is 27.5 Å². The molecule has 146 valence electrons. The first kappa shape index (κ1) is 18.7. The van der Waals surface area contributed by atoms with Crippen molar-refractivity contribution < 1.29 is 9.21 Å². The molecule has 0 atom stereocenters. The number of aryl methyl sites for hydroxylation is 3. The fourth-order valence-corrected chi connectivity index (χ4v) is 3.16. The third-order valence-electron chi connectivity index (χ3n) is 4.70. The number of nitrogens with one attached hydrogen (secondary N) is 1. The van der Waals surface area contributed by atoms with E-state index in [4.69, 9.17) is 4.42 Å². The van der Waals surface area contributed by atoms with Gasteiger partial charge < -0.3 is 9.73 Å². The Morgan fingerprint density at radius 2 is 1.79 bits per heavy atom. The molecule has 0 aliphatic rings. The van der Waals surface area contributed by atoms with E-state index in [0.717, 1.165) is 23.5 Å². The van der Waals surface area contributed by atoms with Crippen LogP contribution in [0.4, 0.5) is 0 Å². The molecular formula is C23H22N4O2. The van der Waals surface area contributed by atoms with Gasteiger partial charge in [-0.2, -0.15) is 0 Å². The molecule has 0 saturated carbocycles. The number of para-hydroxylation sites is 1. The maximum Gasteiger partial charge on any atom is 0.291 e. The Kier molecular flexibility index (Phi) is 5.52. The van der Waals surface area contributed by atoms with E-state index in [1.165, 1.54) is 5.56 Å². The molecule has 0 spiro atoms. The van der Waals surface area contributed by atoms with Crippen molar-refractivity contribution in [1.82, 2.24) is 20.1 Å². The van der Waals surface area contributed by atoms with Gasteiger partial charge in [0, 0.05) is 6.42 Å². The van der Waals surface area contributed by atoms with E-state index in [0.29, 0.717) is 18.7 Å². The minimum atomic E-state index is -0.324. The molecule has 2 aromatic heterocycles. The lowest BCUT2D eigenvalue weighted by atomic mass is 10.1. The van der Waals surface area contributed by atoms with Gasteiger partial charge in [-0.15, -0.1) is 5.10 Å². The van der Waals surface area contributed by atoms with Gasteiger partial charge in [0.1, 0.15) is 11.6 Å². The first-order chi connectivity index (χ1) is 14.2. The van der Waals surface area contributed by atoms with Crippen LogP contribution in [0.5, 0.6) is 0 Å². The molecule has 0 aliphatic heterocycles. The predicted octanol–water partition coefficient (Wildman–Crippen LogP) is 3.88. The normalized spacial score (nSPS) is 10.8. The SMILES string of the molecule is Cc1ccccc1-n1nc(C(=O)NCc2ccco2)nc1CCc1ccccc1. The second-order valence-electron chi connectivity index (χ2n) is 6.80. The highest BCUT2D eigenvalue weighted by Gasteiger charge is 2.18. The van der Waals surface area contributed by atoms with Crippen molar-refractivity contribution >= 4 is 5.91 Å². The van der Waals surface area contributed by atoms with Gasteiger partial charge in [-0.25, -0.2) is 9.67 Å². The molecule has 0 fully saturated rings. The minimum absolute atomic E-state index is 0.155. The van der Waals surface area contributed by atoms with Crippen LogP contribution in [0.1, 0.15) is 33.3 Å². The van der Waals surface area contributed by atoms with Gasteiger partial charge in [0.15, 0.2) is 0 Å². The van der Waals surface area contributed by atoms with Crippen LogP contribution in [0, 0.1) is 6.92 Å². The van der Waals surface area contributed by atoms with Crippen molar-refractivity contribution in [2.45, 2.75) is 26.3 Å². The zero-order chi connectivity index (χ0) is 20.1. The standard InChI is InChI=1S/C23H22N4O2/c1-17-8-5-6-12-20(17)27-21(14-13-18-9-3-2-4-10-18)25-22(26-27)23(28)24-16-19-11-7-15-29-19/h2-12,15H,13-14,16H2,1H3,(H,24,28). The van der Waals surface area contributed by atoms with E-state index in [9.17, 15) is 4.79 Å². The molecular weight excluding hydrogens is 364 g/mol. The number of hydrogen-bond acceptors (Lipinski definition) is 4. The van der Waals surface area contributed by atoms with Crippen LogP contribution in [0.25, 0.3) is 5.69 Å². The zero-order valence-corrected chi connectivity index (χ0v) is 16.2. The first-order valence-corrected chi connectivity index (χ1v) is 9.57. The predicted molar refractivity (Wildman–Crippen MR) is 110 cm³/mol. The second-order valence-corrected chi connectivity index (χ2v) is 6.80. The number of carbonyl (C=O) groups excluding carboxylic acids is 1. The summed E-state index contributed by atoms with van der Waals surface area (Å²) in [6, 6.07) is 21.8. The van der Waals surface area contributed by atoms with Crippen LogP contribution in [0.2, 0.25) is 0 Å². The largest absolute Gasteiger partial charge is 0.467 e. The van der Waals surface area contributed by atoms with Gasteiger partial charge in [0.05, 0.1) is 18.5 Å². The van der Waals surface area contributed by atoms with Gasteiger partial charge in [0.25, 0.3) is 5.91 Å². The topological polar surface area (TPSA) is 73.0 Å².